The first-order valence-electron chi connectivity index (χ1n) is 5.03. The van der Waals surface area contributed by atoms with Crippen molar-refractivity contribution in [3.8, 4) is 0 Å². The maximum absolute atomic E-state index is 11.2. The van der Waals surface area contributed by atoms with Crippen LogP contribution in [0.15, 0.2) is 17.9 Å². The molecule has 80 valence electrons. The lowest BCUT2D eigenvalue weighted by Crippen LogP contribution is -2.18. The molecule has 0 aliphatic carbocycles. The van der Waals surface area contributed by atoms with Crippen molar-refractivity contribution >= 4 is 5.97 Å². The maximum Gasteiger partial charge on any atom is 0.306 e. The molecule has 2 nitrogen and oxygen atoms in total. The molecule has 0 saturated carbocycles. The van der Waals surface area contributed by atoms with Crippen LogP contribution in [0.1, 0.15) is 40.5 Å². The summed E-state index contributed by atoms with van der Waals surface area (Å²) in [7, 11) is 0. The van der Waals surface area contributed by atoms with Gasteiger partial charge in [0.1, 0.15) is 0 Å². The smallest absolute Gasteiger partial charge is 0.306 e. The Morgan fingerprint density at radius 3 is 2.64 bits per heavy atom. The minimum Gasteiger partial charge on any atom is -0.466 e. The van der Waals surface area contributed by atoms with Crippen molar-refractivity contribution in [3.05, 3.63) is 17.9 Å². The highest BCUT2D eigenvalue weighted by Crippen LogP contribution is 2.25. The summed E-state index contributed by atoms with van der Waals surface area (Å²) >= 11 is 0. The Morgan fingerprint density at radius 1 is 1.50 bits per heavy atom. The van der Waals surface area contributed by atoms with Crippen LogP contribution in [0.25, 0.3) is 0 Å². The highest BCUT2D eigenvalue weighted by Gasteiger charge is 2.21. The second-order valence-electron chi connectivity index (χ2n) is 4.01. The van der Waals surface area contributed by atoms with Gasteiger partial charge in [0.2, 0.25) is 0 Å². The van der Waals surface area contributed by atoms with Gasteiger partial charge in [0.15, 0.2) is 0 Å². The molecule has 0 N–H and O–H groups in total. The van der Waals surface area contributed by atoms with E-state index in [1.54, 1.807) is 0 Å². The Bertz CT molecular complexity index is 233. The number of rotatable bonds is 5. The van der Waals surface area contributed by atoms with Crippen LogP contribution in [-0.4, -0.2) is 12.6 Å². The minimum atomic E-state index is -0.119. The van der Waals surface area contributed by atoms with Gasteiger partial charge in [-0.05, 0) is 37.8 Å². The van der Waals surface area contributed by atoms with E-state index in [4.69, 9.17) is 4.74 Å². The zero-order valence-electron chi connectivity index (χ0n) is 9.59. The Hall–Kier alpha value is -1.01. The molecule has 0 rings (SSSR count). The predicted octanol–water partition coefficient (Wildman–Crippen LogP) is 3.09. The lowest BCUT2D eigenvalue weighted by atomic mass is 9.86. The highest BCUT2D eigenvalue weighted by atomic mass is 16.5. The summed E-state index contributed by atoms with van der Waals surface area (Å²) in [6.45, 7) is 8.31. The van der Waals surface area contributed by atoms with Crippen LogP contribution in [0.2, 0.25) is 0 Å². The third-order valence-electron chi connectivity index (χ3n) is 1.87. The van der Waals surface area contributed by atoms with Crippen LogP contribution >= 0.6 is 0 Å². The maximum atomic E-state index is 11.2. The Balaban J connectivity index is 4.06. The van der Waals surface area contributed by atoms with Crippen molar-refractivity contribution in [1.82, 2.24) is 0 Å². The molecule has 0 radical (unpaired) electrons. The van der Waals surface area contributed by atoms with E-state index in [2.05, 4.69) is 19.6 Å². The number of hydrogen-bond acceptors (Lipinski definition) is 2. The van der Waals surface area contributed by atoms with E-state index >= 15 is 0 Å². The fourth-order valence-electron chi connectivity index (χ4n) is 1.13. The molecular formula is C12H20O2. The van der Waals surface area contributed by atoms with Gasteiger partial charge >= 0.3 is 5.97 Å². The molecule has 0 atom stereocenters. The summed E-state index contributed by atoms with van der Waals surface area (Å²) in [5.41, 5.74) is 2.97. The number of hydrogen-bond donors (Lipinski definition) is 0. The van der Waals surface area contributed by atoms with E-state index in [9.17, 15) is 4.79 Å². The second-order valence-corrected chi connectivity index (χ2v) is 4.01. The van der Waals surface area contributed by atoms with Crippen molar-refractivity contribution in [1.29, 1.82) is 0 Å². The van der Waals surface area contributed by atoms with Crippen molar-refractivity contribution < 1.29 is 9.53 Å². The van der Waals surface area contributed by atoms with Gasteiger partial charge < -0.3 is 4.74 Å². The number of carbonyl (C=O) groups is 1. The van der Waals surface area contributed by atoms with Gasteiger partial charge in [-0.25, -0.2) is 0 Å². The lowest BCUT2D eigenvalue weighted by molar-refractivity contribution is -0.145. The van der Waals surface area contributed by atoms with E-state index in [1.807, 2.05) is 26.0 Å². The molecule has 2 heteroatoms. The molecule has 0 aromatic heterocycles. The Labute approximate surface area is 86.6 Å². The second kappa shape index (κ2) is 6.44. The first-order chi connectivity index (χ1) is 6.52. The minimum absolute atomic E-state index is 0.0394. The Morgan fingerprint density at radius 2 is 2.14 bits per heavy atom. The van der Waals surface area contributed by atoms with Crippen LogP contribution in [-0.2, 0) is 9.53 Å². The topological polar surface area (TPSA) is 26.3 Å². The fourth-order valence-corrected chi connectivity index (χ4v) is 1.13. The van der Waals surface area contributed by atoms with Gasteiger partial charge in [-0.3, -0.25) is 4.79 Å². The zero-order valence-corrected chi connectivity index (χ0v) is 9.59. The molecule has 0 aliphatic heterocycles. The van der Waals surface area contributed by atoms with Crippen LogP contribution in [0.3, 0.4) is 0 Å². The zero-order chi connectivity index (χ0) is 11.0. The fraction of sp³-hybridized carbons (Fsp3) is 0.667. The molecule has 0 fully saturated rings. The van der Waals surface area contributed by atoms with Gasteiger partial charge in [-0.1, -0.05) is 13.8 Å². The van der Waals surface area contributed by atoms with E-state index in [1.165, 1.54) is 0 Å². The molecule has 0 spiro atoms. The van der Waals surface area contributed by atoms with Gasteiger partial charge in [-0.15, -0.1) is 5.73 Å². The monoisotopic (exact) mass is 196 g/mol. The lowest BCUT2D eigenvalue weighted by Gasteiger charge is -2.20. The van der Waals surface area contributed by atoms with Crippen molar-refractivity contribution in [2.24, 2.45) is 5.41 Å². The molecule has 0 saturated heterocycles. The molecule has 0 aromatic carbocycles. The van der Waals surface area contributed by atoms with Gasteiger partial charge in [0, 0.05) is 0 Å². The predicted molar refractivity (Wildman–Crippen MR) is 58.0 cm³/mol. The van der Waals surface area contributed by atoms with Crippen LogP contribution in [0.5, 0.6) is 0 Å². The SMILES string of the molecule is CC=C=CCC(C)(C)CC(=O)OCC. The summed E-state index contributed by atoms with van der Waals surface area (Å²) in [6.07, 6.45) is 5.12. The van der Waals surface area contributed by atoms with Crippen molar-refractivity contribution in [2.45, 2.75) is 40.5 Å². The highest BCUT2D eigenvalue weighted by molar-refractivity contribution is 5.70. The third-order valence-corrected chi connectivity index (χ3v) is 1.87. The van der Waals surface area contributed by atoms with Gasteiger partial charge in [-0.2, -0.15) is 0 Å². The first-order valence-corrected chi connectivity index (χ1v) is 5.03. The summed E-state index contributed by atoms with van der Waals surface area (Å²) in [4.78, 5) is 11.2. The molecule has 0 amide bonds. The third kappa shape index (κ3) is 6.50. The normalized spacial score (nSPS) is 10.3. The molecule has 0 heterocycles. The standard InChI is InChI=1S/C12H20O2/c1-5-7-8-9-12(3,4)10-11(13)14-6-2/h5,8H,6,9-10H2,1-4H3. The van der Waals surface area contributed by atoms with Gasteiger partial charge in [0.25, 0.3) is 0 Å². The van der Waals surface area contributed by atoms with Crippen LogP contribution < -0.4 is 0 Å². The average Bonchev–Trinajstić information content (AvgIpc) is 2.03. The van der Waals surface area contributed by atoms with Crippen molar-refractivity contribution in [3.63, 3.8) is 0 Å². The largest absolute Gasteiger partial charge is 0.466 e. The molecular weight excluding hydrogens is 176 g/mol. The molecule has 0 bridgehead atoms. The first kappa shape index (κ1) is 13.0. The van der Waals surface area contributed by atoms with E-state index in [0.717, 1.165) is 6.42 Å². The molecule has 0 unspecified atom stereocenters. The number of carbonyl (C=O) groups excluding carboxylic acids is 1. The van der Waals surface area contributed by atoms with Crippen LogP contribution in [0, 0.1) is 5.41 Å². The molecule has 14 heavy (non-hydrogen) atoms. The average molecular weight is 196 g/mol. The number of esters is 1. The van der Waals surface area contributed by atoms with Gasteiger partial charge in [0.05, 0.1) is 13.0 Å². The van der Waals surface area contributed by atoms with Crippen molar-refractivity contribution in [2.75, 3.05) is 6.61 Å². The van der Waals surface area contributed by atoms with E-state index < -0.39 is 0 Å². The summed E-state index contributed by atoms with van der Waals surface area (Å²) < 4.78 is 4.90. The Kier molecular flexibility index (Phi) is 5.98. The van der Waals surface area contributed by atoms with E-state index in [0.29, 0.717) is 13.0 Å². The summed E-state index contributed by atoms with van der Waals surface area (Å²) in [5.74, 6) is -0.119. The summed E-state index contributed by atoms with van der Waals surface area (Å²) in [5, 5.41) is 0. The molecule has 0 aromatic rings. The molecule has 0 aliphatic rings. The van der Waals surface area contributed by atoms with E-state index in [-0.39, 0.29) is 11.4 Å². The number of ether oxygens (including phenoxy) is 1. The van der Waals surface area contributed by atoms with Crippen LogP contribution in [0.4, 0.5) is 0 Å². The summed E-state index contributed by atoms with van der Waals surface area (Å²) in [6, 6.07) is 0. The number of allylic oxidation sites excluding steroid dienone is 1. The quantitative estimate of drug-likeness (QED) is 0.499.